The molecule has 1 aliphatic carbocycles. The lowest BCUT2D eigenvalue weighted by Crippen LogP contribution is -2.38. The second-order valence-corrected chi connectivity index (χ2v) is 5.52. The van der Waals surface area contributed by atoms with Crippen molar-refractivity contribution in [3.05, 3.63) is 0 Å². The van der Waals surface area contributed by atoms with Crippen molar-refractivity contribution in [3.8, 4) is 0 Å². The predicted molar refractivity (Wildman–Crippen MR) is 70.5 cm³/mol. The molecule has 1 aliphatic rings. The van der Waals surface area contributed by atoms with E-state index in [9.17, 15) is 0 Å². The minimum absolute atomic E-state index is 0.578. The lowest BCUT2D eigenvalue weighted by atomic mass is 9.80. The van der Waals surface area contributed by atoms with Gasteiger partial charge in [0.15, 0.2) is 5.96 Å². The van der Waals surface area contributed by atoms with Crippen LogP contribution in [-0.2, 0) is 0 Å². The van der Waals surface area contributed by atoms with Crippen molar-refractivity contribution in [2.45, 2.75) is 46.5 Å². The molecule has 0 aliphatic heterocycles. The SMILES string of the molecule is CC(C)CN=C(N)NCC1CCCCC1C. The van der Waals surface area contributed by atoms with E-state index in [0.29, 0.717) is 11.9 Å². The smallest absolute Gasteiger partial charge is 0.188 e. The van der Waals surface area contributed by atoms with Gasteiger partial charge in [0.1, 0.15) is 0 Å². The Morgan fingerprint density at radius 2 is 2.06 bits per heavy atom. The number of hydrogen-bond donors (Lipinski definition) is 2. The van der Waals surface area contributed by atoms with Gasteiger partial charge in [-0.3, -0.25) is 4.99 Å². The molecule has 94 valence electrons. The van der Waals surface area contributed by atoms with E-state index in [1.807, 2.05) is 0 Å². The molecule has 0 saturated heterocycles. The van der Waals surface area contributed by atoms with Crippen molar-refractivity contribution < 1.29 is 0 Å². The molecule has 0 radical (unpaired) electrons. The van der Waals surface area contributed by atoms with Crippen LogP contribution < -0.4 is 11.1 Å². The Hall–Kier alpha value is -0.730. The molecule has 1 saturated carbocycles. The van der Waals surface area contributed by atoms with E-state index in [0.717, 1.165) is 24.9 Å². The average Bonchev–Trinajstić information content (AvgIpc) is 2.25. The summed E-state index contributed by atoms with van der Waals surface area (Å²) >= 11 is 0. The molecule has 0 aromatic heterocycles. The van der Waals surface area contributed by atoms with E-state index in [1.54, 1.807) is 0 Å². The molecular formula is C13H27N3. The van der Waals surface area contributed by atoms with E-state index in [2.05, 4.69) is 31.1 Å². The van der Waals surface area contributed by atoms with Crippen molar-refractivity contribution in [2.24, 2.45) is 28.5 Å². The van der Waals surface area contributed by atoms with Gasteiger partial charge in [-0.1, -0.05) is 40.0 Å². The second-order valence-electron chi connectivity index (χ2n) is 5.52. The minimum Gasteiger partial charge on any atom is -0.370 e. The third-order valence-electron chi connectivity index (χ3n) is 3.46. The molecule has 3 heteroatoms. The van der Waals surface area contributed by atoms with E-state index < -0.39 is 0 Å². The number of nitrogens with one attached hydrogen (secondary N) is 1. The lowest BCUT2D eigenvalue weighted by Gasteiger charge is -2.28. The summed E-state index contributed by atoms with van der Waals surface area (Å²) < 4.78 is 0. The number of nitrogens with two attached hydrogens (primary N) is 1. The number of guanidine groups is 1. The molecule has 0 spiro atoms. The highest BCUT2D eigenvalue weighted by atomic mass is 15.1. The van der Waals surface area contributed by atoms with Gasteiger partial charge in [0.25, 0.3) is 0 Å². The van der Waals surface area contributed by atoms with Crippen LogP contribution in [0.2, 0.25) is 0 Å². The summed E-state index contributed by atoms with van der Waals surface area (Å²) in [6.07, 6.45) is 5.48. The molecule has 1 rings (SSSR count). The standard InChI is InChI=1S/C13H27N3/c1-10(2)8-15-13(14)16-9-12-7-5-4-6-11(12)3/h10-12H,4-9H2,1-3H3,(H3,14,15,16). The fourth-order valence-electron chi connectivity index (χ4n) is 2.27. The van der Waals surface area contributed by atoms with Crippen LogP contribution in [-0.4, -0.2) is 19.0 Å². The summed E-state index contributed by atoms with van der Waals surface area (Å²) in [4.78, 5) is 4.32. The minimum atomic E-state index is 0.578. The predicted octanol–water partition coefficient (Wildman–Crippen LogP) is 2.37. The Morgan fingerprint density at radius 3 is 2.69 bits per heavy atom. The third-order valence-corrected chi connectivity index (χ3v) is 3.46. The zero-order valence-corrected chi connectivity index (χ0v) is 11.0. The molecule has 0 bridgehead atoms. The summed E-state index contributed by atoms with van der Waals surface area (Å²) in [5.74, 6) is 2.81. The quantitative estimate of drug-likeness (QED) is 0.570. The Balaban J connectivity index is 2.24. The van der Waals surface area contributed by atoms with Crippen LogP contribution in [0.25, 0.3) is 0 Å². The van der Waals surface area contributed by atoms with Crippen LogP contribution in [0.5, 0.6) is 0 Å². The Kier molecular flexibility index (Phi) is 5.64. The molecule has 0 heterocycles. The summed E-state index contributed by atoms with van der Waals surface area (Å²) in [6, 6.07) is 0. The zero-order chi connectivity index (χ0) is 12.0. The molecule has 3 N–H and O–H groups in total. The molecule has 0 aromatic carbocycles. The van der Waals surface area contributed by atoms with Gasteiger partial charge in [0, 0.05) is 13.1 Å². The molecule has 16 heavy (non-hydrogen) atoms. The highest BCUT2D eigenvalue weighted by Crippen LogP contribution is 2.28. The summed E-state index contributed by atoms with van der Waals surface area (Å²) in [6.45, 7) is 8.47. The van der Waals surface area contributed by atoms with Crippen molar-refractivity contribution in [1.29, 1.82) is 0 Å². The van der Waals surface area contributed by atoms with Gasteiger partial charge in [-0.05, 0) is 24.2 Å². The normalized spacial score (nSPS) is 27.1. The van der Waals surface area contributed by atoms with E-state index in [1.165, 1.54) is 25.7 Å². The largest absolute Gasteiger partial charge is 0.370 e. The van der Waals surface area contributed by atoms with Gasteiger partial charge >= 0.3 is 0 Å². The van der Waals surface area contributed by atoms with Crippen LogP contribution in [0, 0.1) is 17.8 Å². The van der Waals surface area contributed by atoms with Crippen molar-refractivity contribution in [3.63, 3.8) is 0 Å². The summed E-state index contributed by atoms with van der Waals surface area (Å²) in [5, 5.41) is 3.27. The Labute approximate surface area is 99.9 Å². The van der Waals surface area contributed by atoms with Gasteiger partial charge in [-0.2, -0.15) is 0 Å². The van der Waals surface area contributed by atoms with E-state index in [-0.39, 0.29) is 0 Å². The van der Waals surface area contributed by atoms with Crippen LogP contribution in [0.3, 0.4) is 0 Å². The number of nitrogens with zero attached hydrogens (tertiary/aromatic N) is 1. The molecule has 1 fully saturated rings. The van der Waals surface area contributed by atoms with Crippen LogP contribution in [0.1, 0.15) is 46.5 Å². The van der Waals surface area contributed by atoms with Gasteiger partial charge in [-0.15, -0.1) is 0 Å². The number of hydrogen-bond acceptors (Lipinski definition) is 1. The van der Waals surface area contributed by atoms with Crippen molar-refractivity contribution >= 4 is 5.96 Å². The second kappa shape index (κ2) is 6.77. The maximum absolute atomic E-state index is 5.82. The van der Waals surface area contributed by atoms with Gasteiger partial charge < -0.3 is 11.1 Å². The highest BCUT2D eigenvalue weighted by molar-refractivity contribution is 5.77. The zero-order valence-electron chi connectivity index (χ0n) is 11.0. The fourth-order valence-corrected chi connectivity index (χ4v) is 2.27. The number of aliphatic imine (C=N–C) groups is 1. The summed E-state index contributed by atoms with van der Waals surface area (Å²) in [5.41, 5.74) is 5.82. The van der Waals surface area contributed by atoms with Crippen molar-refractivity contribution in [2.75, 3.05) is 13.1 Å². The fraction of sp³-hybridized carbons (Fsp3) is 0.923. The monoisotopic (exact) mass is 225 g/mol. The molecule has 0 amide bonds. The topological polar surface area (TPSA) is 50.4 Å². The maximum Gasteiger partial charge on any atom is 0.188 e. The summed E-state index contributed by atoms with van der Waals surface area (Å²) in [7, 11) is 0. The van der Waals surface area contributed by atoms with E-state index >= 15 is 0 Å². The molecule has 2 atom stereocenters. The first-order valence-electron chi connectivity index (χ1n) is 6.63. The molecule has 3 nitrogen and oxygen atoms in total. The van der Waals surface area contributed by atoms with Crippen LogP contribution >= 0.6 is 0 Å². The number of rotatable bonds is 4. The Morgan fingerprint density at radius 1 is 1.38 bits per heavy atom. The lowest BCUT2D eigenvalue weighted by molar-refractivity contribution is 0.256. The molecular weight excluding hydrogens is 198 g/mol. The highest BCUT2D eigenvalue weighted by Gasteiger charge is 2.20. The van der Waals surface area contributed by atoms with E-state index in [4.69, 9.17) is 5.73 Å². The first-order valence-corrected chi connectivity index (χ1v) is 6.63. The van der Waals surface area contributed by atoms with Gasteiger partial charge in [0.05, 0.1) is 0 Å². The average molecular weight is 225 g/mol. The first-order chi connectivity index (χ1) is 7.59. The van der Waals surface area contributed by atoms with Crippen LogP contribution in [0.4, 0.5) is 0 Å². The first kappa shape index (κ1) is 13.3. The maximum atomic E-state index is 5.82. The third kappa shape index (κ3) is 4.86. The molecule has 0 aromatic rings. The van der Waals surface area contributed by atoms with Gasteiger partial charge in [0.2, 0.25) is 0 Å². The molecule has 2 unspecified atom stereocenters. The Bertz CT molecular complexity index is 223. The van der Waals surface area contributed by atoms with Gasteiger partial charge in [-0.25, -0.2) is 0 Å². The van der Waals surface area contributed by atoms with Crippen molar-refractivity contribution in [1.82, 2.24) is 5.32 Å². The van der Waals surface area contributed by atoms with Crippen LogP contribution in [0.15, 0.2) is 4.99 Å².